The summed E-state index contributed by atoms with van der Waals surface area (Å²) in [4.78, 5) is 10.3. The number of hydrogen-bond acceptors (Lipinski definition) is 10. The van der Waals surface area contributed by atoms with Crippen molar-refractivity contribution in [3.63, 3.8) is 0 Å². The van der Waals surface area contributed by atoms with Gasteiger partial charge in [0.25, 0.3) is 11.8 Å². The van der Waals surface area contributed by atoms with Crippen molar-refractivity contribution in [1.29, 1.82) is 0 Å². The third kappa shape index (κ3) is 1.43. The molecule has 0 unspecified atom stereocenters. The Kier molecular flexibility index (Phi) is 1.98. The SMILES string of the molecule is c1nnc(-c2nc3sc(-c4nnco4)nc3s2)o1. The second-order valence-electron chi connectivity index (χ2n) is 3.14. The minimum Gasteiger partial charge on any atom is -0.422 e. The molecule has 0 aliphatic rings. The van der Waals surface area contributed by atoms with Gasteiger partial charge in [0.15, 0.2) is 19.7 Å². The molecule has 0 saturated heterocycles. The van der Waals surface area contributed by atoms with Gasteiger partial charge in [-0.1, -0.05) is 22.7 Å². The Morgan fingerprint density at radius 3 is 1.67 bits per heavy atom. The highest BCUT2D eigenvalue weighted by Gasteiger charge is 2.17. The van der Waals surface area contributed by atoms with Crippen LogP contribution in [0.5, 0.6) is 0 Å². The van der Waals surface area contributed by atoms with Gasteiger partial charge in [0.05, 0.1) is 0 Å². The summed E-state index contributed by atoms with van der Waals surface area (Å²) in [5.74, 6) is 0.786. The van der Waals surface area contributed by atoms with Crippen molar-refractivity contribution in [2.24, 2.45) is 0 Å². The average Bonchev–Trinajstić information content (AvgIpc) is 3.13. The van der Waals surface area contributed by atoms with Crippen LogP contribution in [0.1, 0.15) is 0 Å². The van der Waals surface area contributed by atoms with Crippen LogP contribution in [0.4, 0.5) is 0 Å². The molecule has 8 nitrogen and oxygen atoms in total. The molecule has 18 heavy (non-hydrogen) atoms. The topological polar surface area (TPSA) is 104 Å². The van der Waals surface area contributed by atoms with Crippen LogP contribution in [0.3, 0.4) is 0 Å². The molecule has 0 amide bonds. The lowest BCUT2D eigenvalue weighted by molar-refractivity contribution is 0.568. The number of fused-ring (bicyclic) bond motifs is 1. The van der Waals surface area contributed by atoms with Crippen molar-refractivity contribution < 1.29 is 8.83 Å². The van der Waals surface area contributed by atoms with Gasteiger partial charge in [0.2, 0.25) is 12.8 Å². The lowest BCUT2D eigenvalue weighted by Gasteiger charge is -1.84. The highest BCUT2D eigenvalue weighted by Crippen LogP contribution is 2.35. The van der Waals surface area contributed by atoms with Crippen LogP contribution in [0, 0.1) is 0 Å². The summed E-state index contributed by atoms with van der Waals surface area (Å²) >= 11 is 2.75. The summed E-state index contributed by atoms with van der Waals surface area (Å²) in [6.07, 6.45) is 2.53. The summed E-state index contributed by atoms with van der Waals surface area (Å²) in [5, 5.41) is 16.1. The van der Waals surface area contributed by atoms with E-state index in [1.54, 1.807) is 0 Å². The second kappa shape index (κ2) is 3.65. The molecular formula is C8H2N6O2S2. The number of hydrogen-bond donors (Lipinski definition) is 0. The third-order valence-corrected chi connectivity index (χ3v) is 4.07. The summed E-state index contributed by atoms with van der Waals surface area (Å²) in [6, 6.07) is 0. The van der Waals surface area contributed by atoms with E-state index in [9.17, 15) is 0 Å². The number of rotatable bonds is 2. The Labute approximate surface area is 106 Å². The van der Waals surface area contributed by atoms with Crippen LogP contribution < -0.4 is 0 Å². The molecule has 4 aromatic rings. The van der Waals surface area contributed by atoms with Crippen LogP contribution in [0.15, 0.2) is 21.6 Å². The zero-order valence-corrected chi connectivity index (χ0v) is 10.1. The summed E-state index contributed by atoms with van der Waals surface area (Å²) < 4.78 is 10.2. The number of nitrogens with zero attached hydrogens (tertiary/aromatic N) is 6. The smallest absolute Gasteiger partial charge is 0.276 e. The molecule has 4 aromatic heterocycles. The van der Waals surface area contributed by atoms with Gasteiger partial charge < -0.3 is 8.83 Å². The molecule has 0 saturated carbocycles. The first-order chi connectivity index (χ1) is 8.90. The first-order valence-electron chi connectivity index (χ1n) is 4.70. The van der Waals surface area contributed by atoms with E-state index in [0.29, 0.717) is 21.8 Å². The van der Waals surface area contributed by atoms with E-state index >= 15 is 0 Å². The number of aromatic nitrogens is 6. The Morgan fingerprint density at radius 1 is 0.778 bits per heavy atom. The quantitative estimate of drug-likeness (QED) is 0.547. The Hall–Kier alpha value is -2.20. The molecule has 0 bridgehead atoms. The van der Waals surface area contributed by atoms with E-state index < -0.39 is 0 Å². The minimum atomic E-state index is 0.393. The van der Waals surface area contributed by atoms with Crippen LogP contribution in [-0.4, -0.2) is 30.4 Å². The maximum absolute atomic E-state index is 5.08. The fraction of sp³-hybridized carbons (Fsp3) is 0. The van der Waals surface area contributed by atoms with E-state index in [0.717, 1.165) is 9.66 Å². The third-order valence-electron chi connectivity index (χ3n) is 2.06. The molecule has 0 aliphatic heterocycles. The lowest BCUT2D eigenvalue weighted by Crippen LogP contribution is -1.75. The molecule has 0 spiro atoms. The maximum Gasteiger partial charge on any atom is 0.276 e. The van der Waals surface area contributed by atoms with Crippen LogP contribution >= 0.6 is 22.7 Å². The van der Waals surface area contributed by atoms with Crippen LogP contribution in [-0.2, 0) is 0 Å². The Morgan fingerprint density at radius 2 is 1.28 bits per heavy atom. The van der Waals surface area contributed by atoms with E-state index in [2.05, 4.69) is 30.4 Å². The summed E-state index contributed by atoms with van der Waals surface area (Å²) in [5.41, 5.74) is 0. The zero-order valence-electron chi connectivity index (χ0n) is 8.47. The predicted octanol–water partition coefficient (Wildman–Crippen LogP) is 1.85. The molecule has 88 valence electrons. The van der Waals surface area contributed by atoms with Gasteiger partial charge in [0, 0.05) is 0 Å². The minimum absolute atomic E-state index is 0.393. The van der Waals surface area contributed by atoms with Gasteiger partial charge >= 0.3 is 0 Å². The largest absolute Gasteiger partial charge is 0.422 e. The van der Waals surface area contributed by atoms with E-state index in [4.69, 9.17) is 8.83 Å². The molecule has 10 heteroatoms. The first-order valence-corrected chi connectivity index (χ1v) is 6.34. The van der Waals surface area contributed by atoms with Crippen molar-refractivity contribution >= 4 is 32.3 Å². The van der Waals surface area contributed by atoms with Gasteiger partial charge in [-0.05, 0) is 0 Å². The molecular weight excluding hydrogens is 276 g/mol. The van der Waals surface area contributed by atoms with Crippen molar-refractivity contribution in [3.05, 3.63) is 12.8 Å². The second-order valence-corrected chi connectivity index (χ2v) is 5.09. The van der Waals surface area contributed by atoms with Gasteiger partial charge in [-0.2, -0.15) is 0 Å². The molecule has 4 rings (SSSR count). The lowest BCUT2D eigenvalue weighted by atomic mass is 10.7. The Balaban J connectivity index is 1.82. The highest BCUT2D eigenvalue weighted by molar-refractivity contribution is 7.29. The summed E-state index contributed by atoms with van der Waals surface area (Å²) in [6.45, 7) is 0. The normalized spacial score (nSPS) is 11.3. The van der Waals surface area contributed by atoms with Crippen molar-refractivity contribution in [2.75, 3.05) is 0 Å². The van der Waals surface area contributed by atoms with E-state index in [1.807, 2.05) is 0 Å². The molecule has 4 heterocycles. The van der Waals surface area contributed by atoms with E-state index in [-0.39, 0.29) is 0 Å². The van der Waals surface area contributed by atoms with Gasteiger partial charge in [-0.25, -0.2) is 9.97 Å². The predicted molar refractivity (Wildman–Crippen MR) is 61.9 cm³/mol. The molecule has 0 fully saturated rings. The van der Waals surface area contributed by atoms with Crippen molar-refractivity contribution in [3.8, 4) is 21.8 Å². The first kappa shape index (κ1) is 9.79. The standard InChI is InChI=1S/C8H2N6O2S2/c1-9-13-3(15-1)5-11-7-8(17-5)12-6(18-7)4-14-10-2-16-4/h1-2H. The number of thiazole rings is 2. The maximum atomic E-state index is 5.08. The van der Waals surface area contributed by atoms with Gasteiger partial charge in [0.1, 0.15) is 0 Å². The van der Waals surface area contributed by atoms with Crippen molar-refractivity contribution in [2.45, 2.75) is 0 Å². The molecule has 0 N–H and O–H groups in total. The molecule has 0 aliphatic carbocycles. The van der Waals surface area contributed by atoms with Crippen LogP contribution in [0.2, 0.25) is 0 Å². The van der Waals surface area contributed by atoms with Gasteiger partial charge in [-0.3, -0.25) is 0 Å². The average molecular weight is 278 g/mol. The monoisotopic (exact) mass is 278 g/mol. The molecule has 0 atom stereocenters. The Bertz CT molecular complexity index is 692. The van der Waals surface area contributed by atoms with Crippen LogP contribution in [0.25, 0.3) is 31.5 Å². The summed E-state index contributed by atoms with van der Waals surface area (Å²) in [7, 11) is 0. The van der Waals surface area contributed by atoms with Crippen molar-refractivity contribution in [1.82, 2.24) is 30.4 Å². The van der Waals surface area contributed by atoms with Gasteiger partial charge in [-0.15, -0.1) is 20.4 Å². The molecule has 0 radical (unpaired) electrons. The molecule has 0 aromatic carbocycles. The highest BCUT2D eigenvalue weighted by atomic mass is 32.1. The van der Waals surface area contributed by atoms with E-state index in [1.165, 1.54) is 35.5 Å². The fourth-order valence-electron chi connectivity index (χ4n) is 1.36. The zero-order chi connectivity index (χ0) is 11.9. The fourth-order valence-corrected chi connectivity index (χ4v) is 3.26.